The molecule has 3 N–H and O–H groups in total. The summed E-state index contributed by atoms with van der Waals surface area (Å²) in [6, 6.07) is 5.24. The van der Waals surface area contributed by atoms with Crippen molar-refractivity contribution in [3.63, 3.8) is 0 Å². The summed E-state index contributed by atoms with van der Waals surface area (Å²) in [6.45, 7) is -0.0689. The van der Waals surface area contributed by atoms with E-state index in [1.54, 1.807) is 0 Å². The first kappa shape index (κ1) is 18.8. The minimum Gasteiger partial charge on any atom is -0.478 e. The Morgan fingerprint density at radius 3 is 2.30 bits per heavy atom. The molecule has 0 aromatic heterocycles. The van der Waals surface area contributed by atoms with E-state index in [2.05, 4.69) is 15.4 Å². The Morgan fingerprint density at radius 1 is 1.22 bits per heavy atom. The Hall–Kier alpha value is -2.29. The SMILES string of the molecule is COC(CCNC(=O)NCc1ccc(C(=O)O)cc1)C(F)(F)F. The van der Waals surface area contributed by atoms with E-state index < -0.39 is 24.3 Å². The van der Waals surface area contributed by atoms with E-state index in [4.69, 9.17) is 5.11 Å². The van der Waals surface area contributed by atoms with Crippen LogP contribution in [0, 0.1) is 0 Å². The van der Waals surface area contributed by atoms with Crippen LogP contribution in [0.4, 0.5) is 18.0 Å². The Balaban J connectivity index is 2.33. The summed E-state index contributed by atoms with van der Waals surface area (Å²) in [4.78, 5) is 22.1. The number of ether oxygens (including phenoxy) is 1. The molecule has 1 atom stereocenters. The smallest absolute Gasteiger partial charge is 0.414 e. The van der Waals surface area contributed by atoms with Gasteiger partial charge in [-0.05, 0) is 24.1 Å². The number of alkyl halides is 3. The average Bonchev–Trinajstić information content (AvgIpc) is 2.48. The Labute approximate surface area is 130 Å². The van der Waals surface area contributed by atoms with Gasteiger partial charge in [0.2, 0.25) is 0 Å². The lowest BCUT2D eigenvalue weighted by molar-refractivity contribution is -0.213. The van der Waals surface area contributed by atoms with Gasteiger partial charge in [-0.1, -0.05) is 12.1 Å². The van der Waals surface area contributed by atoms with Crippen molar-refractivity contribution in [3.05, 3.63) is 35.4 Å². The molecule has 0 radical (unpaired) electrons. The van der Waals surface area contributed by atoms with Crippen molar-refractivity contribution < 1.29 is 32.6 Å². The Kier molecular flexibility index (Phi) is 6.83. The van der Waals surface area contributed by atoms with Crippen LogP contribution in [0.25, 0.3) is 0 Å². The van der Waals surface area contributed by atoms with Gasteiger partial charge < -0.3 is 20.5 Å². The summed E-state index contributed by atoms with van der Waals surface area (Å²) >= 11 is 0. The molecule has 0 aliphatic heterocycles. The second kappa shape index (κ2) is 8.37. The van der Waals surface area contributed by atoms with Gasteiger partial charge in [0.15, 0.2) is 6.10 Å². The zero-order valence-electron chi connectivity index (χ0n) is 12.3. The van der Waals surface area contributed by atoms with E-state index in [0.29, 0.717) is 5.56 Å². The van der Waals surface area contributed by atoms with Gasteiger partial charge in [0.25, 0.3) is 0 Å². The molecule has 0 saturated carbocycles. The number of halogens is 3. The Morgan fingerprint density at radius 2 is 1.83 bits per heavy atom. The molecule has 1 aromatic carbocycles. The van der Waals surface area contributed by atoms with Gasteiger partial charge in [-0.2, -0.15) is 13.2 Å². The summed E-state index contributed by atoms with van der Waals surface area (Å²) in [5, 5.41) is 13.5. The van der Waals surface area contributed by atoms with Crippen LogP contribution < -0.4 is 10.6 Å². The molecule has 0 heterocycles. The highest BCUT2D eigenvalue weighted by molar-refractivity contribution is 5.87. The predicted octanol–water partition coefficient (Wildman–Crippen LogP) is 2.15. The number of carbonyl (C=O) groups excluding carboxylic acids is 1. The van der Waals surface area contributed by atoms with Gasteiger partial charge in [0.1, 0.15) is 0 Å². The van der Waals surface area contributed by atoms with Gasteiger partial charge in [-0.15, -0.1) is 0 Å². The number of hydrogen-bond acceptors (Lipinski definition) is 3. The molecule has 6 nitrogen and oxygen atoms in total. The molecule has 0 bridgehead atoms. The lowest BCUT2D eigenvalue weighted by Gasteiger charge is -2.18. The molecule has 0 fully saturated rings. The first-order chi connectivity index (χ1) is 10.7. The number of hydrogen-bond donors (Lipinski definition) is 3. The lowest BCUT2D eigenvalue weighted by Crippen LogP contribution is -2.39. The summed E-state index contributed by atoms with van der Waals surface area (Å²) < 4.78 is 41.5. The van der Waals surface area contributed by atoms with Crippen LogP contribution >= 0.6 is 0 Å². The molecule has 1 rings (SSSR count). The van der Waals surface area contributed by atoms with Crippen LogP contribution in [-0.4, -0.2) is 43.0 Å². The van der Waals surface area contributed by atoms with Gasteiger partial charge in [0, 0.05) is 20.2 Å². The summed E-state index contributed by atoms with van der Waals surface area (Å²) in [5.41, 5.74) is 0.783. The van der Waals surface area contributed by atoms with Crippen molar-refractivity contribution in [1.29, 1.82) is 0 Å². The highest BCUT2D eigenvalue weighted by Gasteiger charge is 2.39. The quantitative estimate of drug-likeness (QED) is 0.713. The first-order valence-corrected chi connectivity index (χ1v) is 6.67. The predicted molar refractivity (Wildman–Crippen MR) is 75.1 cm³/mol. The summed E-state index contributed by atoms with van der Waals surface area (Å²) in [7, 11) is 0.957. The van der Waals surface area contributed by atoms with Gasteiger partial charge >= 0.3 is 18.2 Å². The van der Waals surface area contributed by atoms with Crippen molar-refractivity contribution in [3.8, 4) is 0 Å². The molecule has 0 aliphatic carbocycles. The third-order valence-electron chi connectivity index (χ3n) is 3.00. The minimum absolute atomic E-state index is 0.121. The fraction of sp³-hybridized carbons (Fsp3) is 0.429. The number of amides is 2. The normalized spacial score (nSPS) is 12.5. The average molecular weight is 334 g/mol. The lowest BCUT2D eigenvalue weighted by atomic mass is 10.1. The van der Waals surface area contributed by atoms with Crippen molar-refractivity contribution in [2.24, 2.45) is 0 Å². The Bertz CT molecular complexity index is 532. The van der Waals surface area contributed by atoms with Crippen molar-refractivity contribution >= 4 is 12.0 Å². The molecule has 2 amide bonds. The van der Waals surface area contributed by atoms with Crippen molar-refractivity contribution in [2.45, 2.75) is 25.2 Å². The van der Waals surface area contributed by atoms with Crippen molar-refractivity contribution in [1.82, 2.24) is 10.6 Å². The van der Waals surface area contributed by atoms with Crippen LogP contribution in [0.3, 0.4) is 0 Å². The van der Waals surface area contributed by atoms with Crippen LogP contribution in [0.1, 0.15) is 22.3 Å². The monoisotopic (exact) mass is 334 g/mol. The largest absolute Gasteiger partial charge is 0.478 e. The fourth-order valence-corrected chi connectivity index (χ4v) is 1.74. The minimum atomic E-state index is -4.47. The molecular formula is C14H17F3N2O4. The van der Waals surface area contributed by atoms with Crippen molar-refractivity contribution in [2.75, 3.05) is 13.7 Å². The molecule has 23 heavy (non-hydrogen) atoms. The maximum Gasteiger partial charge on any atom is 0.414 e. The van der Waals surface area contributed by atoms with E-state index in [9.17, 15) is 22.8 Å². The van der Waals surface area contributed by atoms with E-state index in [1.165, 1.54) is 24.3 Å². The number of methoxy groups -OCH3 is 1. The highest BCUT2D eigenvalue weighted by Crippen LogP contribution is 2.24. The molecule has 128 valence electrons. The van der Waals surface area contributed by atoms with Gasteiger partial charge in [0.05, 0.1) is 5.56 Å². The van der Waals surface area contributed by atoms with Crippen LogP contribution in [0.5, 0.6) is 0 Å². The first-order valence-electron chi connectivity index (χ1n) is 6.67. The van der Waals surface area contributed by atoms with E-state index in [1.807, 2.05) is 0 Å². The third kappa shape index (κ3) is 6.55. The molecule has 0 saturated heterocycles. The number of rotatable bonds is 7. The van der Waals surface area contributed by atoms with Crippen LogP contribution in [-0.2, 0) is 11.3 Å². The van der Waals surface area contributed by atoms with Gasteiger partial charge in [-0.3, -0.25) is 0 Å². The number of urea groups is 1. The standard InChI is InChI=1S/C14H17F3N2O4/c1-23-11(14(15,16)17)6-7-18-13(22)19-8-9-2-4-10(5-3-9)12(20)21/h2-5,11H,6-8H2,1H3,(H,20,21)(H2,18,19,22). The van der Waals surface area contributed by atoms with E-state index >= 15 is 0 Å². The number of carboxylic acids is 1. The maximum absolute atomic E-state index is 12.4. The number of carbonyl (C=O) groups is 2. The molecule has 1 aromatic rings. The molecular weight excluding hydrogens is 317 g/mol. The van der Waals surface area contributed by atoms with Gasteiger partial charge in [-0.25, -0.2) is 9.59 Å². The third-order valence-corrected chi connectivity index (χ3v) is 3.00. The zero-order chi connectivity index (χ0) is 17.5. The maximum atomic E-state index is 12.4. The number of benzene rings is 1. The molecule has 0 aliphatic rings. The van der Waals surface area contributed by atoms with E-state index in [-0.39, 0.29) is 25.1 Å². The number of aromatic carboxylic acids is 1. The fourth-order valence-electron chi connectivity index (χ4n) is 1.74. The van der Waals surface area contributed by atoms with Crippen LogP contribution in [0.15, 0.2) is 24.3 Å². The van der Waals surface area contributed by atoms with Crippen LogP contribution in [0.2, 0.25) is 0 Å². The second-order valence-corrected chi connectivity index (χ2v) is 4.67. The number of nitrogens with one attached hydrogen (secondary N) is 2. The summed E-state index contributed by atoms with van der Waals surface area (Å²) in [5.74, 6) is -1.06. The second-order valence-electron chi connectivity index (χ2n) is 4.67. The molecule has 0 spiro atoms. The number of carboxylic acid groups (broad SMARTS) is 1. The van der Waals surface area contributed by atoms with E-state index in [0.717, 1.165) is 7.11 Å². The topological polar surface area (TPSA) is 87.7 Å². The molecule has 9 heteroatoms. The molecule has 1 unspecified atom stereocenters. The summed E-state index contributed by atoms with van der Waals surface area (Å²) in [6.07, 6.45) is -6.79. The zero-order valence-corrected chi connectivity index (χ0v) is 12.3. The highest BCUT2D eigenvalue weighted by atomic mass is 19.4.